The van der Waals surface area contributed by atoms with Crippen LogP contribution in [0.15, 0.2) is 67.5 Å². The molecule has 4 aromatic rings. The van der Waals surface area contributed by atoms with Crippen molar-refractivity contribution in [2.24, 2.45) is 0 Å². The van der Waals surface area contributed by atoms with Crippen molar-refractivity contribution in [3.63, 3.8) is 0 Å². The van der Waals surface area contributed by atoms with E-state index < -0.39 is 0 Å². The lowest BCUT2D eigenvalue weighted by Gasteiger charge is -2.29. The number of imidazole rings is 1. The first-order chi connectivity index (χ1) is 13.4. The lowest BCUT2D eigenvalue weighted by atomic mass is 10.1. The highest BCUT2D eigenvalue weighted by Gasteiger charge is 2.20. The van der Waals surface area contributed by atoms with Gasteiger partial charge in [0.15, 0.2) is 5.82 Å². The van der Waals surface area contributed by atoms with Crippen LogP contribution >= 0.6 is 0 Å². The summed E-state index contributed by atoms with van der Waals surface area (Å²) in [6.45, 7) is 2.50. The van der Waals surface area contributed by atoms with Crippen molar-refractivity contribution < 1.29 is 0 Å². The maximum Gasteiger partial charge on any atom is 0.162 e. The first-order valence-electron chi connectivity index (χ1n) is 8.82. The van der Waals surface area contributed by atoms with Crippen LogP contribution < -0.4 is 4.90 Å². The number of pyridine rings is 2. The highest BCUT2D eigenvalue weighted by molar-refractivity contribution is 5.67. The highest BCUT2D eigenvalue weighted by Crippen LogP contribution is 2.27. The zero-order chi connectivity index (χ0) is 18.1. The molecule has 1 aliphatic heterocycles. The molecule has 0 unspecified atom stereocenters. The van der Waals surface area contributed by atoms with Gasteiger partial charge in [0.1, 0.15) is 11.6 Å². The van der Waals surface area contributed by atoms with Crippen molar-refractivity contribution in [3.05, 3.63) is 73.3 Å². The average molecular weight is 355 g/mol. The third-order valence-electron chi connectivity index (χ3n) is 4.68. The van der Waals surface area contributed by atoms with Gasteiger partial charge in [-0.25, -0.2) is 15.0 Å². The lowest BCUT2D eigenvalue weighted by molar-refractivity contribution is 0.556. The number of hydrogen-bond acceptors (Lipinski definition) is 6. The van der Waals surface area contributed by atoms with Crippen molar-refractivity contribution in [3.8, 4) is 22.6 Å². The molecule has 7 heteroatoms. The van der Waals surface area contributed by atoms with E-state index in [1.54, 1.807) is 18.6 Å². The summed E-state index contributed by atoms with van der Waals surface area (Å²) in [5, 5.41) is 0. The Hall–Kier alpha value is -3.61. The summed E-state index contributed by atoms with van der Waals surface area (Å²) in [7, 11) is 0. The van der Waals surface area contributed by atoms with Gasteiger partial charge in [-0.15, -0.1) is 0 Å². The molecule has 132 valence electrons. The largest absolute Gasteiger partial charge is 0.347 e. The van der Waals surface area contributed by atoms with Crippen molar-refractivity contribution in [1.29, 1.82) is 0 Å². The van der Waals surface area contributed by atoms with Crippen molar-refractivity contribution in [1.82, 2.24) is 29.5 Å². The van der Waals surface area contributed by atoms with E-state index in [-0.39, 0.29) is 0 Å². The lowest BCUT2D eigenvalue weighted by Crippen LogP contribution is -2.34. The molecular formula is C20H17N7. The predicted molar refractivity (Wildman–Crippen MR) is 102 cm³/mol. The Morgan fingerprint density at radius 1 is 0.852 bits per heavy atom. The predicted octanol–water partition coefficient (Wildman–Crippen LogP) is 2.82. The van der Waals surface area contributed by atoms with Gasteiger partial charge in [-0.2, -0.15) is 0 Å². The van der Waals surface area contributed by atoms with Gasteiger partial charge in [0.05, 0.1) is 12.2 Å². The van der Waals surface area contributed by atoms with Crippen LogP contribution in [0, 0.1) is 0 Å². The van der Waals surface area contributed by atoms with Gasteiger partial charge in [0, 0.05) is 67.5 Å². The van der Waals surface area contributed by atoms with E-state index in [0.29, 0.717) is 5.82 Å². The number of hydrogen-bond donors (Lipinski definition) is 0. The molecule has 4 aromatic heterocycles. The molecule has 0 spiro atoms. The second-order valence-corrected chi connectivity index (χ2v) is 6.37. The molecule has 0 saturated heterocycles. The Labute approximate surface area is 156 Å². The summed E-state index contributed by atoms with van der Waals surface area (Å²) >= 11 is 0. The maximum atomic E-state index is 4.84. The van der Waals surface area contributed by atoms with E-state index in [2.05, 4.69) is 24.4 Å². The van der Waals surface area contributed by atoms with E-state index in [9.17, 15) is 0 Å². The fourth-order valence-corrected chi connectivity index (χ4v) is 3.26. The van der Waals surface area contributed by atoms with E-state index in [1.165, 1.54) is 0 Å². The summed E-state index contributed by atoms with van der Waals surface area (Å²) in [5.41, 5.74) is 2.76. The van der Waals surface area contributed by atoms with E-state index in [1.807, 2.05) is 48.9 Å². The molecule has 0 fully saturated rings. The third kappa shape index (κ3) is 3.03. The molecule has 0 aliphatic carbocycles. The Morgan fingerprint density at radius 2 is 1.78 bits per heavy atom. The summed E-state index contributed by atoms with van der Waals surface area (Å²) < 4.78 is 2.18. The number of rotatable bonds is 3. The number of fused-ring (bicyclic) bond motifs is 1. The standard InChI is InChI=1S/C20H17N7/c1-2-16(13-22-5-1)17-12-18(25-20(24-17)15-3-6-21-7-4-15)27-11-10-26-9-8-23-19(26)14-27/h1-9,12-13H,10-11,14H2. The molecule has 0 radical (unpaired) electrons. The maximum absolute atomic E-state index is 4.84. The molecule has 0 N–H and O–H groups in total. The molecule has 0 atom stereocenters. The minimum Gasteiger partial charge on any atom is -0.347 e. The van der Waals surface area contributed by atoms with Crippen molar-refractivity contribution in [2.45, 2.75) is 13.1 Å². The third-order valence-corrected chi connectivity index (χ3v) is 4.68. The van der Waals surface area contributed by atoms with Crippen molar-refractivity contribution in [2.75, 3.05) is 11.4 Å². The summed E-state index contributed by atoms with van der Waals surface area (Å²) in [6, 6.07) is 9.81. The van der Waals surface area contributed by atoms with Gasteiger partial charge >= 0.3 is 0 Å². The Kier molecular flexibility index (Phi) is 3.82. The van der Waals surface area contributed by atoms with Crippen LogP contribution in [0.3, 0.4) is 0 Å². The van der Waals surface area contributed by atoms with Gasteiger partial charge in [-0.05, 0) is 24.3 Å². The molecule has 0 bridgehead atoms. The smallest absolute Gasteiger partial charge is 0.162 e. The topological polar surface area (TPSA) is 72.6 Å². The normalized spacial score (nSPS) is 13.4. The van der Waals surface area contributed by atoms with E-state index >= 15 is 0 Å². The first-order valence-corrected chi connectivity index (χ1v) is 8.82. The Bertz CT molecular complexity index is 1000. The second kappa shape index (κ2) is 6.60. The summed E-state index contributed by atoms with van der Waals surface area (Å²) in [6.07, 6.45) is 11.0. The highest BCUT2D eigenvalue weighted by atomic mass is 15.3. The molecule has 0 aromatic carbocycles. The zero-order valence-electron chi connectivity index (χ0n) is 14.6. The van der Waals surface area contributed by atoms with Gasteiger partial charge in [-0.3, -0.25) is 9.97 Å². The minimum atomic E-state index is 0.683. The molecule has 5 rings (SSSR count). The number of anilines is 1. The molecule has 5 heterocycles. The molecule has 0 saturated carbocycles. The zero-order valence-corrected chi connectivity index (χ0v) is 14.6. The van der Waals surface area contributed by atoms with Gasteiger partial charge in [0.25, 0.3) is 0 Å². The van der Waals surface area contributed by atoms with Crippen LogP contribution in [0.4, 0.5) is 5.82 Å². The molecule has 27 heavy (non-hydrogen) atoms. The molecular weight excluding hydrogens is 338 g/mol. The van der Waals surface area contributed by atoms with Gasteiger partial charge in [0.2, 0.25) is 0 Å². The molecule has 1 aliphatic rings. The minimum absolute atomic E-state index is 0.683. The Morgan fingerprint density at radius 3 is 2.63 bits per heavy atom. The van der Waals surface area contributed by atoms with Crippen LogP contribution in [0.25, 0.3) is 22.6 Å². The summed E-state index contributed by atoms with van der Waals surface area (Å²) in [4.78, 5) is 24.6. The van der Waals surface area contributed by atoms with Gasteiger partial charge in [-0.1, -0.05) is 0 Å². The molecule has 0 amide bonds. The number of nitrogens with zero attached hydrogens (tertiary/aromatic N) is 7. The second-order valence-electron chi connectivity index (χ2n) is 6.37. The fourth-order valence-electron chi connectivity index (χ4n) is 3.26. The van der Waals surface area contributed by atoms with Crippen LogP contribution in [-0.2, 0) is 13.1 Å². The summed E-state index contributed by atoms with van der Waals surface area (Å²) in [5.74, 6) is 2.63. The monoisotopic (exact) mass is 355 g/mol. The SMILES string of the molecule is c1cncc(-c2cc(N3CCn4ccnc4C3)nc(-c3ccncc3)n2)c1. The van der Waals surface area contributed by atoms with E-state index in [0.717, 1.165) is 48.1 Å². The fraction of sp³-hybridized carbons (Fsp3) is 0.150. The Balaban J connectivity index is 1.60. The number of aromatic nitrogens is 6. The van der Waals surface area contributed by atoms with Crippen molar-refractivity contribution >= 4 is 5.82 Å². The molecule has 7 nitrogen and oxygen atoms in total. The van der Waals surface area contributed by atoms with E-state index in [4.69, 9.17) is 9.97 Å². The van der Waals surface area contributed by atoms with Crippen LogP contribution in [0.2, 0.25) is 0 Å². The van der Waals surface area contributed by atoms with Crippen LogP contribution in [0.1, 0.15) is 5.82 Å². The van der Waals surface area contributed by atoms with Gasteiger partial charge < -0.3 is 9.47 Å². The quantitative estimate of drug-likeness (QED) is 0.563. The van der Waals surface area contributed by atoms with Crippen LogP contribution in [-0.4, -0.2) is 36.0 Å². The van der Waals surface area contributed by atoms with Crippen LogP contribution in [0.5, 0.6) is 0 Å². The first kappa shape index (κ1) is 15.6. The average Bonchev–Trinajstić information content (AvgIpc) is 3.22.